The minimum Gasteiger partial charge on any atom is -0.374 e. The van der Waals surface area contributed by atoms with Crippen molar-refractivity contribution in [2.24, 2.45) is 0 Å². The maximum Gasteiger partial charge on any atom is 0.0975 e. The van der Waals surface area contributed by atoms with Crippen molar-refractivity contribution in [3.63, 3.8) is 0 Å². The third-order valence-corrected chi connectivity index (χ3v) is 9.09. The summed E-state index contributed by atoms with van der Waals surface area (Å²) in [4.78, 5) is 2.49. The number of ether oxygens (including phenoxy) is 2. The molecule has 0 amide bonds. The Kier molecular flexibility index (Phi) is 31.8. The summed E-state index contributed by atoms with van der Waals surface area (Å²) in [5.41, 5.74) is 0. The Morgan fingerprint density at radius 2 is 0.756 bits per heavy atom. The second kappa shape index (κ2) is 34.2. The second-order valence-electron chi connectivity index (χ2n) is 13.3. The van der Waals surface area contributed by atoms with Crippen LogP contribution >= 0.6 is 0 Å². The molecule has 0 aromatic rings. The van der Waals surface area contributed by atoms with Crippen LogP contribution in [-0.2, 0) is 9.47 Å². The lowest BCUT2D eigenvalue weighted by molar-refractivity contribution is -0.0481. The Hall–Kier alpha value is -1.16. The van der Waals surface area contributed by atoms with E-state index >= 15 is 0 Å². The molecule has 3 heteroatoms. The van der Waals surface area contributed by atoms with Gasteiger partial charge < -0.3 is 9.47 Å². The van der Waals surface area contributed by atoms with E-state index in [0.717, 1.165) is 45.7 Å². The van der Waals surface area contributed by atoms with Gasteiger partial charge in [0.1, 0.15) is 0 Å². The molecular formula is C42H77NO2. The fourth-order valence-electron chi connectivity index (χ4n) is 6.05. The highest BCUT2D eigenvalue weighted by Crippen LogP contribution is 2.19. The van der Waals surface area contributed by atoms with Crippen LogP contribution in [0.4, 0.5) is 0 Å². The van der Waals surface area contributed by atoms with Crippen LogP contribution in [0.3, 0.4) is 0 Å². The smallest absolute Gasteiger partial charge is 0.0975 e. The lowest BCUT2D eigenvalue weighted by Crippen LogP contribution is -2.30. The van der Waals surface area contributed by atoms with Crippen LogP contribution in [0.1, 0.15) is 175 Å². The standard InChI is InChI=1S/C42H77NO2/c1-4-7-9-11-13-15-17-19-21-23-25-27-29-31-33-35-37-44-41-39-43(6-3)40-42(41)45-38-36-34-32-30-28-26-24-22-20-18-16-14-12-10-8-5-2/h13-16,19-22,41-42H,4-12,17-18,23-40H2,1-3H3/t41-,42?/m1/s1. The lowest BCUT2D eigenvalue weighted by atomic mass is 10.1. The number of unbranched alkanes of at least 4 members (excludes halogenated alkanes) is 18. The minimum absolute atomic E-state index is 0.257. The summed E-state index contributed by atoms with van der Waals surface area (Å²) in [6.45, 7) is 11.7. The van der Waals surface area contributed by atoms with Crippen LogP contribution in [0.15, 0.2) is 48.6 Å². The predicted octanol–water partition coefficient (Wildman–Crippen LogP) is 12.7. The van der Waals surface area contributed by atoms with Crippen LogP contribution in [-0.4, -0.2) is 50.0 Å². The van der Waals surface area contributed by atoms with Gasteiger partial charge in [-0.1, -0.05) is 146 Å². The molecule has 2 atom stereocenters. The van der Waals surface area contributed by atoms with Gasteiger partial charge in [0.05, 0.1) is 12.2 Å². The zero-order valence-electron chi connectivity index (χ0n) is 30.5. The molecule has 1 heterocycles. The third kappa shape index (κ3) is 27.6. The number of hydrogen-bond acceptors (Lipinski definition) is 3. The number of allylic oxidation sites excluding steroid dienone is 8. The van der Waals surface area contributed by atoms with Crippen molar-refractivity contribution < 1.29 is 9.47 Å². The van der Waals surface area contributed by atoms with Crippen LogP contribution in [0, 0.1) is 0 Å². The number of nitrogens with zero attached hydrogens (tertiary/aromatic N) is 1. The van der Waals surface area contributed by atoms with Crippen LogP contribution in [0.2, 0.25) is 0 Å². The minimum atomic E-state index is 0.257. The molecule has 1 fully saturated rings. The van der Waals surface area contributed by atoms with Gasteiger partial charge in [-0.15, -0.1) is 0 Å². The van der Waals surface area contributed by atoms with Gasteiger partial charge >= 0.3 is 0 Å². The molecule has 1 saturated heterocycles. The van der Waals surface area contributed by atoms with Crippen LogP contribution < -0.4 is 0 Å². The van der Waals surface area contributed by atoms with E-state index < -0.39 is 0 Å². The summed E-state index contributed by atoms with van der Waals surface area (Å²) in [5, 5.41) is 0. The second-order valence-corrected chi connectivity index (χ2v) is 13.3. The average Bonchev–Trinajstić information content (AvgIpc) is 3.45. The Morgan fingerprint density at radius 3 is 1.11 bits per heavy atom. The molecule has 0 radical (unpaired) electrons. The van der Waals surface area contributed by atoms with Crippen molar-refractivity contribution >= 4 is 0 Å². The van der Waals surface area contributed by atoms with E-state index in [4.69, 9.17) is 9.47 Å². The molecule has 262 valence electrons. The van der Waals surface area contributed by atoms with Gasteiger partial charge in [0.2, 0.25) is 0 Å². The zero-order valence-corrected chi connectivity index (χ0v) is 30.5. The molecule has 0 saturated carbocycles. The number of hydrogen-bond donors (Lipinski definition) is 0. The third-order valence-electron chi connectivity index (χ3n) is 9.09. The summed E-state index contributed by atoms with van der Waals surface area (Å²) in [6.07, 6.45) is 50.2. The Labute approximate surface area is 282 Å². The molecule has 0 bridgehead atoms. The summed E-state index contributed by atoms with van der Waals surface area (Å²) < 4.78 is 12.7. The van der Waals surface area contributed by atoms with E-state index in [9.17, 15) is 0 Å². The SMILES string of the molecule is CCCCCC=CCC=CCCCCCCCCOC1CN(CC)C[C@H]1OCCCCCCCCC=CCC=CCCCCC. The van der Waals surface area contributed by atoms with Gasteiger partial charge in [-0.25, -0.2) is 0 Å². The van der Waals surface area contributed by atoms with Crippen molar-refractivity contribution in [2.75, 3.05) is 32.8 Å². The van der Waals surface area contributed by atoms with E-state index in [0.29, 0.717) is 0 Å². The molecular weight excluding hydrogens is 550 g/mol. The van der Waals surface area contributed by atoms with Crippen molar-refractivity contribution in [1.82, 2.24) is 4.90 Å². The highest BCUT2D eigenvalue weighted by Gasteiger charge is 2.33. The predicted molar refractivity (Wildman–Crippen MR) is 200 cm³/mol. The van der Waals surface area contributed by atoms with Gasteiger partial charge in [-0.3, -0.25) is 4.90 Å². The maximum atomic E-state index is 6.36. The highest BCUT2D eigenvalue weighted by atomic mass is 16.5. The quantitative estimate of drug-likeness (QED) is 0.0534. The molecule has 1 rings (SSSR count). The molecule has 0 aromatic heterocycles. The molecule has 1 aliphatic rings. The van der Waals surface area contributed by atoms with Crippen LogP contribution in [0.5, 0.6) is 0 Å². The molecule has 0 N–H and O–H groups in total. The molecule has 45 heavy (non-hydrogen) atoms. The first-order chi connectivity index (χ1) is 22.3. The first-order valence-corrected chi connectivity index (χ1v) is 19.9. The van der Waals surface area contributed by atoms with Gasteiger partial charge in [0.25, 0.3) is 0 Å². The van der Waals surface area contributed by atoms with Gasteiger partial charge in [0.15, 0.2) is 0 Å². The van der Waals surface area contributed by atoms with Gasteiger partial charge in [0, 0.05) is 26.3 Å². The number of likely N-dealkylation sites (tertiary alicyclic amines) is 1. The maximum absolute atomic E-state index is 6.36. The molecule has 0 spiro atoms. The Balaban J connectivity index is 1.95. The lowest BCUT2D eigenvalue weighted by Gasteiger charge is -2.20. The number of rotatable bonds is 33. The van der Waals surface area contributed by atoms with E-state index in [2.05, 4.69) is 74.3 Å². The molecule has 0 aliphatic carbocycles. The van der Waals surface area contributed by atoms with Crippen molar-refractivity contribution in [1.29, 1.82) is 0 Å². The fourth-order valence-corrected chi connectivity index (χ4v) is 6.05. The summed E-state index contributed by atoms with van der Waals surface area (Å²) in [7, 11) is 0. The highest BCUT2D eigenvalue weighted by molar-refractivity contribution is 4.93. The van der Waals surface area contributed by atoms with Crippen molar-refractivity contribution in [2.45, 2.75) is 187 Å². The normalized spacial score (nSPS) is 17.8. The summed E-state index contributed by atoms with van der Waals surface area (Å²) in [6, 6.07) is 0. The first kappa shape index (κ1) is 41.9. The first-order valence-electron chi connectivity index (χ1n) is 19.9. The van der Waals surface area contributed by atoms with Crippen molar-refractivity contribution in [3.05, 3.63) is 48.6 Å². The molecule has 1 aliphatic heterocycles. The zero-order chi connectivity index (χ0) is 32.3. The topological polar surface area (TPSA) is 21.7 Å². The van der Waals surface area contributed by atoms with E-state index in [1.54, 1.807) is 0 Å². The molecule has 3 nitrogen and oxygen atoms in total. The molecule has 1 unspecified atom stereocenters. The summed E-state index contributed by atoms with van der Waals surface area (Å²) >= 11 is 0. The van der Waals surface area contributed by atoms with E-state index in [-0.39, 0.29) is 12.2 Å². The van der Waals surface area contributed by atoms with Gasteiger partial charge in [-0.2, -0.15) is 0 Å². The number of likely N-dealkylation sites (N-methyl/N-ethyl adjacent to an activating group) is 1. The fraction of sp³-hybridized carbons (Fsp3) is 0.810. The van der Waals surface area contributed by atoms with Crippen LogP contribution in [0.25, 0.3) is 0 Å². The van der Waals surface area contributed by atoms with Crippen molar-refractivity contribution in [3.8, 4) is 0 Å². The van der Waals surface area contributed by atoms with E-state index in [1.807, 2.05) is 0 Å². The summed E-state index contributed by atoms with van der Waals surface area (Å²) in [5.74, 6) is 0. The Bertz CT molecular complexity index is 653. The van der Waals surface area contributed by atoms with Gasteiger partial charge in [-0.05, 0) is 83.6 Å². The largest absolute Gasteiger partial charge is 0.374 e. The average molecular weight is 628 g/mol. The molecule has 0 aromatic carbocycles. The van der Waals surface area contributed by atoms with E-state index in [1.165, 1.54) is 141 Å². The Morgan fingerprint density at radius 1 is 0.422 bits per heavy atom. The monoisotopic (exact) mass is 628 g/mol.